The van der Waals surface area contributed by atoms with Crippen LogP contribution in [0.1, 0.15) is 30.9 Å². The van der Waals surface area contributed by atoms with Crippen molar-refractivity contribution >= 4 is 5.91 Å². The summed E-state index contributed by atoms with van der Waals surface area (Å²) in [4.78, 5) is 11.9. The number of ether oxygens (including phenoxy) is 1. The Labute approximate surface area is 121 Å². The molecule has 0 spiro atoms. The number of rotatable bonds is 4. The zero-order valence-electron chi connectivity index (χ0n) is 11.7. The normalized spacial score (nSPS) is 20.3. The minimum absolute atomic E-state index is 0.00420. The molecule has 2 unspecified atom stereocenters. The summed E-state index contributed by atoms with van der Waals surface area (Å²) in [6.07, 6.45) is -2.60. The SMILES string of the molecule is CC(NC(=O)Cc1cccc(C(F)(F)F)c1)C1CCCO1. The average molecular weight is 301 g/mol. The topological polar surface area (TPSA) is 38.3 Å². The number of carbonyl (C=O) groups excluding carboxylic acids is 1. The second-order valence-corrected chi connectivity index (χ2v) is 5.28. The number of alkyl halides is 3. The molecule has 21 heavy (non-hydrogen) atoms. The molecule has 0 saturated carbocycles. The quantitative estimate of drug-likeness (QED) is 0.928. The van der Waals surface area contributed by atoms with Crippen LogP contribution in [0.2, 0.25) is 0 Å². The highest BCUT2D eigenvalue weighted by Crippen LogP contribution is 2.29. The van der Waals surface area contributed by atoms with E-state index >= 15 is 0 Å². The zero-order chi connectivity index (χ0) is 15.5. The number of halogens is 3. The molecule has 116 valence electrons. The van der Waals surface area contributed by atoms with Crippen LogP contribution in [0.5, 0.6) is 0 Å². The Hall–Kier alpha value is -1.56. The van der Waals surface area contributed by atoms with Gasteiger partial charge in [0.25, 0.3) is 0 Å². The average Bonchev–Trinajstić information content (AvgIpc) is 2.91. The highest BCUT2D eigenvalue weighted by Gasteiger charge is 2.30. The molecule has 2 atom stereocenters. The number of benzene rings is 1. The van der Waals surface area contributed by atoms with Gasteiger partial charge in [-0.15, -0.1) is 0 Å². The van der Waals surface area contributed by atoms with Crippen molar-refractivity contribution in [2.45, 2.75) is 44.5 Å². The molecule has 0 aromatic heterocycles. The lowest BCUT2D eigenvalue weighted by Crippen LogP contribution is -2.41. The van der Waals surface area contributed by atoms with Crippen molar-refractivity contribution in [2.24, 2.45) is 0 Å². The molecule has 1 aromatic carbocycles. The van der Waals surface area contributed by atoms with E-state index in [0.29, 0.717) is 12.2 Å². The van der Waals surface area contributed by atoms with Crippen molar-refractivity contribution in [3.63, 3.8) is 0 Å². The summed E-state index contributed by atoms with van der Waals surface area (Å²) in [6.45, 7) is 2.54. The predicted octanol–water partition coefficient (Wildman–Crippen LogP) is 2.93. The van der Waals surface area contributed by atoms with Crippen LogP contribution in [0.4, 0.5) is 13.2 Å². The van der Waals surface area contributed by atoms with Crippen molar-refractivity contribution in [3.8, 4) is 0 Å². The lowest BCUT2D eigenvalue weighted by molar-refractivity contribution is -0.137. The van der Waals surface area contributed by atoms with Gasteiger partial charge in [0.05, 0.1) is 24.1 Å². The first-order valence-corrected chi connectivity index (χ1v) is 6.93. The number of carbonyl (C=O) groups is 1. The van der Waals surface area contributed by atoms with Gasteiger partial charge < -0.3 is 10.1 Å². The standard InChI is InChI=1S/C15H18F3NO2/c1-10(13-6-3-7-21-13)19-14(20)9-11-4-2-5-12(8-11)15(16,17)18/h2,4-5,8,10,13H,3,6-7,9H2,1H3,(H,19,20). The number of amides is 1. The molecule has 1 fully saturated rings. The Morgan fingerprint density at radius 1 is 1.48 bits per heavy atom. The first-order chi connectivity index (χ1) is 9.86. The minimum atomic E-state index is -4.39. The van der Waals surface area contributed by atoms with E-state index < -0.39 is 11.7 Å². The lowest BCUT2D eigenvalue weighted by atomic mass is 10.1. The van der Waals surface area contributed by atoms with E-state index in [2.05, 4.69) is 5.32 Å². The fourth-order valence-corrected chi connectivity index (χ4v) is 2.44. The van der Waals surface area contributed by atoms with Gasteiger partial charge in [-0.1, -0.05) is 18.2 Å². The van der Waals surface area contributed by atoms with Crippen LogP contribution in [0, 0.1) is 0 Å². The van der Waals surface area contributed by atoms with E-state index in [-0.39, 0.29) is 24.5 Å². The van der Waals surface area contributed by atoms with Crippen LogP contribution in [-0.4, -0.2) is 24.7 Å². The summed E-state index contributed by atoms with van der Waals surface area (Å²) in [6, 6.07) is 4.71. The van der Waals surface area contributed by atoms with Gasteiger partial charge in [0.2, 0.25) is 5.91 Å². The molecule has 6 heteroatoms. The molecule has 1 aromatic rings. The molecule has 1 amide bonds. The van der Waals surface area contributed by atoms with Gasteiger partial charge in [-0.2, -0.15) is 13.2 Å². The van der Waals surface area contributed by atoms with E-state index in [1.54, 1.807) is 0 Å². The fourth-order valence-electron chi connectivity index (χ4n) is 2.44. The highest BCUT2D eigenvalue weighted by molar-refractivity contribution is 5.78. The van der Waals surface area contributed by atoms with E-state index in [9.17, 15) is 18.0 Å². The Bertz CT molecular complexity index is 496. The van der Waals surface area contributed by atoms with Crippen molar-refractivity contribution in [2.75, 3.05) is 6.61 Å². The summed E-state index contributed by atoms with van der Waals surface area (Å²) in [5.41, 5.74) is -0.387. The summed E-state index contributed by atoms with van der Waals surface area (Å²) < 4.78 is 43.3. The molecule has 1 heterocycles. The summed E-state index contributed by atoms with van der Waals surface area (Å²) in [5, 5.41) is 2.78. The molecule has 1 aliphatic rings. The van der Waals surface area contributed by atoms with Crippen LogP contribution >= 0.6 is 0 Å². The first-order valence-electron chi connectivity index (χ1n) is 6.93. The second kappa shape index (κ2) is 6.47. The maximum absolute atomic E-state index is 12.6. The number of nitrogens with one attached hydrogen (secondary N) is 1. The van der Waals surface area contributed by atoms with Crippen LogP contribution in [-0.2, 0) is 22.1 Å². The van der Waals surface area contributed by atoms with Gasteiger partial charge in [0.1, 0.15) is 0 Å². The third kappa shape index (κ3) is 4.46. The summed E-state index contributed by atoms with van der Waals surface area (Å²) in [7, 11) is 0. The molecule has 0 bridgehead atoms. The molecular formula is C15H18F3NO2. The molecule has 0 radical (unpaired) electrons. The Balaban J connectivity index is 1.93. The molecule has 2 rings (SSSR count). The molecule has 1 aliphatic heterocycles. The monoisotopic (exact) mass is 301 g/mol. The Morgan fingerprint density at radius 2 is 2.24 bits per heavy atom. The smallest absolute Gasteiger partial charge is 0.376 e. The van der Waals surface area contributed by atoms with Gasteiger partial charge in [0.15, 0.2) is 0 Å². The van der Waals surface area contributed by atoms with Crippen LogP contribution in [0.3, 0.4) is 0 Å². The van der Waals surface area contributed by atoms with Crippen molar-refractivity contribution in [3.05, 3.63) is 35.4 Å². The molecule has 1 N–H and O–H groups in total. The first kappa shape index (κ1) is 15.8. The van der Waals surface area contributed by atoms with Gasteiger partial charge >= 0.3 is 6.18 Å². The predicted molar refractivity (Wildman–Crippen MR) is 71.7 cm³/mol. The van der Waals surface area contributed by atoms with Crippen molar-refractivity contribution in [1.82, 2.24) is 5.32 Å². The highest BCUT2D eigenvalue weighted by atomic mass is 19.4. The third-order valence-electron chi connectivity index (χ3n) is 3.53. The van der Waals surface area contributed by atoms with Crippen LogP contribution < -0.4 is 5.32 Å². The van der Waals surface area contributed by atoms with E-state index in [1.807, 2.05) is 6.92 Å². The number of hydrogen-bond acceptors (Lipinski definition) is 2. The van der Waals surface area contributed by atoms with Gasteiger partial charge in [-0.3, -0.25) is 4.79 Å². The van der Waals surface area contributed by atoms with Crippen LogP contribution in [0.25, 0.3) is 0 Å². The van der Waals surface area contributed by atoms with Crippen molar-refractivity contribution in [1.29, 1.82) is 0 Å². The van der Waals surface area contributed by atoms with Gasteiger partial charge in [-0.25, -0.2) is 0 Å². The maximum Gasteiger partial charge on any atom is 0.416 e. The minimum Gasteiger partial charge on any atom is -0.376 e. The van der Waals surface area contributed by atoms with Gasteiger partial charge in [0, 0.05) is 6.61 Å². The van der Waals surface area contributed by atoms with Crippen LogP contribution in [0.15, 0.2) is 24.3 Å². The maximum atomic E-state index is 12.6. The Kier molecular flexibility index (Phi) is 4.88. The number of hydrogen-bond donors (Lipinski definition) is 1. The summed E-state index contributed by atoms with van der Waals surface area (Å²) >= 11 is 0. The second-order valence-electron chi connectivity index (χ2n) is 5.28. The van der Waals surface area contributed by atoms with E-state index in [1.165, 1.54) is 12.1 Å². The fraction of sp³-hybridized carbons (Fsp3) is 0.533. The largest absolute Gasteiger partial charge is 0.416 e. The van der Waals surface area contributed by atoms with Gasteiger partial charge in [-0.05, 0) is 31.4 Å². The Morgan fingerprint density at radius 3 is 2.86 bits per heavy atom. The van der Waals surface area contributed by atoms with E-state index in [4.69, 9.17) is 4.74 Å². The third-order valence-corrected chi connectivity index (χ3v) is 3.53. The summed E-state index contributed by atoms with van der Waals surface area (Å²) in [5.74, 6) is -0.294. The zero-order valence-corrected chi connectivity index (χ0v) is 11.7. The molecular weight excluding hydrogens is 283 g/mol. The molecule has 3 nitrogen and oxygen atoms in total. The molecule has 1 saturated heterocycles. The van der Waals surface area contributed by atoms with E-state index in [0.717, 1.165) is 25.0 Å². The lowest BCUT2D eigenvalue weighted by Gasteiger charge is -2.20. The van der Waals surface area contributed by atoms with Crippen molar-refractivity contribution < 1.29 is 22.7 Å². The molecule has 0 aliphatic carbocycles.